The normalized spacial score (nSPS) is 14.4. The highest BCUT2D eigenvalue weighted by atomic mass is 32.2. The lowest BCUT2D eigenvalue weighted by Crippen LogP contribution is -2.31. The maximum absolute atomic E-state index is 14.1. The minimum atomic E-state index is -0.492. The first-order valence-electron chi connectivity index (χ1n) is 15.9. The maximum Gasteiger partial charge on any atom is 0.255 e. The van der Waals surface area contributed by atoms with Gasteiger partial charge in [0, 0.05) is 17.1 Å². The van der Waals surface area contributed by atoms with Crippen LogP contribution in [-0.4, -0.2) is 20.7 Å². The molecule has 1 aliphatic rings. The van der Waals surface area contributed by atoms with Crippen molar-refractivity contribution in [3.05, 3.63) is 142 Å². The number of thioether (sulfide) groups is 1. The number of carbonyl (C=O) groups is 1. The van der Waals surface area contributed by atoms with Crippen molar-refractivity contribution in [3.63, 3.8) is 0 Å². The molecule has 2 heterocycles. The Morgan fingerprint density at radius 1 is 0.894 bits per heavy atom. The molecule has 0 saturated carbocycles. The van der Waals surface area contributed by atoms with Gasteiger partial charge in [-0.1, -0.05) is 111 Å². The van der Waals surface area contributed by atoms with E-state index in [1.54, 1.807) is 11.8 Å². The summed E-state index contributed by atoms with van der Waals surface area (Å²) in [4.78, 5) is 18.9. The summed E-state index contributed by atoms with van der Waals surface area (Å²) in [5.74, 6) is 1.91. The summed E-state index contributed by atoms with van der Waals surface area (Å²) in [6, 6.07) is 32.2. The summed E-state index contributed by atoms with van der Waals surface area (Å²) >= 11 is 1.57. The number of hydrogen-bond donors (Lipinski definition) is 2. The smallest absolute Gasteiger partial charge is 0.255 e. The minimum Gasteiger partial charge on any atom is -0.489 e. The third kappa shape index (κ3) is 7.28. The van der Waals surface area contributed by atoms with Gasteiger partial charge in [-0.2, -0.15) is 4.98 Å². The number of allylic oxidation sites excluding steroid dienone is 1. The Morgan fingerprint density at radius 2 is 1.62 bits per heavy atom. The van der Waals surface area contributed by atoms with Crippen molar-refractivity contribution in [1.29, 1.82) is 0 Å². The SMILES string of the molecule is CC1=C(C(=O)Nc2cccc(C)c2C)C(c2ccc(OCc3ccc(C(C)(C)C)cc3)cc2)n2nc(SCc3ccccc3)nc2N1. The molecule has 1 amide bonds. The topological polar surface area (TPSA) is 81.1 Å². The highest BCUT2D eigenvalue weighted by Gasteiger charge is 2.34. The monoisotopic (exact) mass is 643 g/mol. The van der Waals surface area contributed by atoms with Crippen molar-refractivity contribution in [2.45, 2.75) is 70.5 Å². The lowest BCUT2D eigenvalue weighted by Gasteiger charge is -2.29. The molecule has 0 fully saturated rings. The number of ether oxygens (including phenoxy) is 1. The summed E-state index contributed by atoms with van der Waals surface area (Å²) < 4.78 is 7.99. The quantitative estimate of drug-likeness (QED) is 0.156. The van der Waals surface area contributed by atoms with E-state index < -0.39 is 6.04 Å². The summed E-state index contributed by atoms with van der Waals surface area (Å²) in [6.07, 6.45) is 0. The second-order valence-electron chi connectivity index (χ2n) is 13.0. The molecule has 6 rings (SSSR count). The number of nitrogens with one attached hydrogen (secondary N) is 2. The van der Waals surface area contributed by atoms with Crippen LogP contribution in [0.2, 0.25) is 0 Å². The van der Waals surface area contributed by atoms with E-state index in [4.69, 9.17) is 14.8 Å². The van der Waals surface area contributed by atoms with Crippen molar-refractivity contribution in [2.75, 3.05) is 10.6 Å². The fraction of sp³-hybridized carbons (Fsp3) is 0.256. The van der Waals surface area contributed by atoms with Crippen molar-refractivity contribution >= 4 is 29.3 Å². The molecule has 0 aliphatic carbocycles. The number of aromatic nitrogens is 3. The van der Waals surface area contributed by atoms with Crippen LogP contribution in [0, 0.1) is 13.8 Å². The number of nitrogens with zero attached hydrogens (tertiary/aromatic N) is 3. The van der Waals surface area contributed by atoms with Crippen molar-refractivity contribution in [2.24, 2.45) is 0 Å². The molecular formula is C39H41N5O2S. The van der Waals surface area contributed by atoms with Gasteiger partial charge in [-0.05, 0) is 77.8 Å². The van der Waals surface area contributed by atoms with Crippen LogP contribution in [0.15, 0.2) is 113 Å². The first-order chi connectivity index (χ1) is 22.6. The molecule has 8 heteroatoms. The van der Waals surface area contributed by atoms with Gasteiger partial charge < -0.3 is 15.4 Å². The predicted molar refractivity (Wildman–Crippen MR) is 191 cm³/mol. The van der Waals surface area contributed by atoms with Crippen LogP contribution in [0.4, 0.5) is 11.6 Å². The molecule has 0 spiro atoms. The summed E-state index contributed by atoms with van der Waals surface area (Å²) in [5, 5.41) is 12.1. The van der Waals surface area contributed by atoms with Crippen LogP contribution in [0.3, 0.4) is 0 Å². The van der Waals surface area contributed by atoms with E-state index in [1.165, 1.54) is 11.1 Å². The van der Waals surface area contributed by atoms with Crippen LogP contribution < -0.4 is 15.4 Å². The highest BCUT2D eigenvalue weighted by Crippen LogP contribution is 2.38. The highest BCUT2D eigenvalue weighted by molar-refractivity contribution is 7.98. The molecule has 0 radical (unpaired) electrons. The molecular weight excluding hydrogens is 603 g/mol. The van der Waals surface area contributed by atoms with Gasteiger partial charge in [-0.15, -0.1) is 5.10 Å². The number of fused-ring (bicyclic) bond motifs is 1. The number of amides is 1. The molecule has 1 atom stereocenters. The second kappa shape index (κ2) is 13.5. The van der Waals surface area contributed by atoms with Crippen LogP contribution in [0.25, 0.3) is 0 Å². The van der Waals surface area contributed by atoms with Gasteiger partial charge in [-0.25, -0.2) is 4.68 Å². The number of aryl methyl sites for hydroxylation is 1. The Balaban J connectivity index is 1.27. The molecule has 0 saturated heterocycles. The van der Waals surface area contributed by atoms with Crippen molar-refractivity contribution in [1.82, 2.24) is 14.8 Å². The standard InChI is InChI=1S/C39H41N5O2S/c1-25-11-10-14-33(26(25)2)41-36(45)34-27(3)40-37-42-38(47-24-29-12-8-7-9-13-29)43-44(37)35(34)30-17-21-32(22-18-30)46-23-28-15-19-31(20-16-28)39(4,5)6/h7-22,35H,23-24H2,1-6H3,(H,41,45)(H,40,42,43). The minimum absolute atomic E-state index is 0.108. The fourth-order valence-corrected chi connectivity index (χ4v) is 6.39. The molecule has 1 unspecified atom stereocenters. The molecule has 5 aromatic rings. The van der Waals surface area contributed by atoms with E-state index in [0.717, 1.165) is 45.1 Å². The van der Waals surface area contributed by atoms with E-state index in [-0.39, 0.29) is 11.3 Å². The molecule has 47 heavy (non-hydrogen) atoms. The third-order valence-corrected chi connectivity index (χ3v) is 9.47. The first-order valence-corrected chi connectivity index (χ1v) is 16.9. The Labute approximate surface area is 281 Å². The molecule has 240 valence electrons. The summed E-state index contributed by atoms with van der Waals surface area (Å²) in [6.45, 7) is 13.1. The van der Waals surface area contributed by atoms with Gasteiger partial charge in [0.25, 0.3) is 5.91 Å². The third-order valence-electron chi connectivity index (χ3n) is 8.56. The molecule has 0 bridgehead atoms. The Morgan fingerprint density at radius 3 is 2.32 bits per heavy atom. The number of carbonyl (C=O) groups excluding carboxylic acids is 1. The van der Waals surface area contributed by atoms with E-state index in [1.807, 2.05) is 86.1 Å². The molecule has 1 aromatic heterocycles. The second-order valence-corrected chi connectivity index (χ2v) is 14.0. The Hall–Kier alpha value is -4.82. The van der Waals surface area contributed by atoms with Gasteiger partial charge in [0.1, 0.15) is 18.4 Å². The summed E-state index contributed by atoms with van der Waals surface area (Å²) in [7, 11) is 0. The average Bonchev–Trinajstić information content (AvgIpc) is 3.47. The lowest BCUT2D eigenvalue weighted by molar-refractivity contribution is -0.113. The number of hydrogen-bond acceptors (Lipinski definition) is 6. The van der Waals surface area contributed by atoms with Gasteiger partial charge in [-0.3, -0.25) is 4.79 Å². The zero-order chi connectivity index (χ0) is 33.1. The van der Waals surface area contributed by atoms with Crippen molar-refractivity contribution < 1.29 is 9.53 Å². The van der Waals surface area contributed by atoms with E-state index in [2.05, 4.69) is 67.8 Å². The van der Waals surface area contributed by atoms with E-state index in [0.29, 0.717) is 23.3 Å². The Bertz CT molecular complexity index is 1910. The van der Waals surface area contributed by atoms with Crippen LogP contribution >= 0.6 is 11.8 Å². The molecule has 7 nitrogen and oxygen atoms in total. The first kappa shape index (κ1) is 32.1. The maximum atomic E-state index is 14.1. The molecule has 2 N–H and O–H groups in total. The van der Waals surface area contributed by atoms with Crippen molar-refractivity contribution in [3.8, 4) is 5.75 Å². The van der Waals surface area contributed by atoms with Crippen LogP contribution in [0.5, 0.6) is 5.75 Å². The lowest BCUT2D eigenvalue weighted by atomic mass is 9.87. The number of anilines is 2. The van der Waals surface area contributed by atoms with Gasteiger partial charge >= 0.3 is 0 Å². The zero-order valence-corrected chi connectivity index (χ0v) is 28.6. The predicted octanol–water partition coefficient (Wildman–Crippen LogP) is 8.99. The molecule has 4 aromatic carbocycles. The Kier molecular flexibility index (Phi) is 9.23. The number of benzene rings is 4. The summed E-state index contributed by atoms with van der Waals surface area (Å²) in [5.41, 5.74) is 8.86. The van der Waals surface area contributed by atoms with Crippen LogP contribution in [0.1, 0.15) is 67.1 Å². The van der Waals surface area contributed by atoms with Gasteiger partial charge in [0.2, 0.25) is 11.1 Å². The largest absolute Gasteiger partial charge is 0.489 e. The molecule has 1 aliphatic heterocycles. The average molecular weight is 644 g/mol. The van der Waals surface area contributed by atoms with E-state index >= 15 is 0 Å². The fourth-order valence-electron chi connectivity index (χ4n) is 5.61. The van der Waals surface area contributed by atoms with Gasteiger partial charge in [0.15, 0.2) is 0 Å². The van der Waals surface area contributed by atoms with Crippen LogP contribution in [-0.2, 0) is 22.6 Å². The zero-order valence-electron chi connectivity index (χ0n) is 27.8. The van der Waals surface area contributed by atoms with E-state index in [9.17, 15) is 4.79 Å². The number of rotatable bonds is 9. The van der Waals surface area contributed by atoms with Gasteiger partial charge in [0.05, 0.1) is 5.57 Å².